The van der Waals surface area contributed by atoms with Gasteiger partial charge in [0.2, 0.25) is 0 Å². The molecule has 152 valence electrons. The highest BCUT2D eigenvalue weighted by Crippen LogP contribution is 2.27. The van der Waals surface area contributed by atoms with Crippen LogP contribution in [-0.2, 0) is 11.4 Å². The average Bonchev–Trinajstić information content (AvgIpc) is 3.31. The summed E-state index contributed by atoms with van der Waals surface area (Å²) in [5.74, 6) is 1.53. The molecule has 1 N–H and O–H groups in total. The maximum atomic E-state index is 12.9. The van der Waals surface area contributed by atoms with Gasteiger partial charge in [0.1, 0.15) is 29.6 Å². The Labute approximate surface area is 184 Å². The van der Waals surface area contributed by atoms with Gasteiger partial charge in [-0.05, 0) is 49.0 Å². The number of thiocarbonyl (C=S) groups is 1. The molecule has 1 saturated heterocycles. The number of ether oxygens (including phenoxy) is 1. The second-order valence-corrected chi connectivity index (χ2v) is 7.57. The van der Waals surface area contributed by atoms with Gasteiger partial charge in [0.05, 0.1) is 11.1 Å². The number of nitrogens with one attached hydrogen (secondary N) is 1. The van der Waals surface area contributed by atoms with E-state index in [1.807, 2.05) is 49.4 Å². The molecule has 1 aliphatic rings. The summed E-state index contributed by atoms with van der Waals surface area (Å²) in [4.78, 5) is 14.5. The molecule has 1 fully saturated rings. The number of hydrogen-bond acceptors (Lipinski definition) is 4. The van der Waals surface area contributed by atoms with E-state index in [0.29, 0.717) is 33.1 Å². The first kappa shape index (κ1) is 20.2. The Bertz CT molecular complexity index is 1110. The summed E-state index contributed by atoms with van der Waals surface area (Å²) in [6.07, 6.45) is 1.64. The molecule has 4 rings (SSSR count). The van der Waals surface area contributed by atoms with Gasteiger partial charge in [0.15, 0.2) is 5.11 Å². The SMILES string of the molecule is CC(c1ccccc1)N1C(=O)/C(=C/c2ccc(COc3ccccc3Cl)o2)NC1=S. The Kier molecular flexibility index (Phi) is 5.88. The van der Waals surface area contributed by atoms with Gasteiger partial charge >= 0.3 is 0 Å². The van der Waals surface area contributed by atoms with Crippen LogP contribution in [-0.4, -0.2) is 15.9 Å². The second kappa shape index (κ2) is 8.73. The number of carbonyl (C=O) groups is 1. The highest BCUT2D eigenvalue weighted by Gasteiger charge is 2.35. The summed E-state index contributed by atoms with van der Waals surface area (Å²) in [7, 11) is 0. The minimum Gasteiger partial charge on any atom is -0.484 e. The molecule has 1 aromatic heterocycles. The molecule has 1 atom stereocenters. The third-order valence-electron chi connectivity index (χ3n) is 4.75. The number of halogens is 1. The van der Waals surface area contributed by atoms with E-state index in [-0.39, 0.29) is 18.6 Å². The lowest BCUT2D eigenvalue weighted by Crippen LogP contribution is -2.33. The zero-order chi connectivity index (χ0) is 21.1. The Balaban J connectivity index is 1.46. The van der Waals surface area contributed by atoms with Crippen molar-refractivity contribution in [2.24, 2.45) is 0 Å². The standard InChI is InChI=1S/C23H19ClN2O3S/c1-15(16-7-3-2-4-8-16)26-22(27)20(25-23(26)30)13-17-11-12-18(29-17)14-28-21-10-6-5-9-19(21)24/h2-13,15H,14H2,1H3,(H,25,30)/b20-13-. The zero-order valence-corrected chi connectivity index (χ0v) is 17.7. The van der Waals surface area contributed by atoms with Crippen molar-refractivity contribution >= 4 is 40.9 Å². The summed E-state index contributed by atoms with van der Waals surface area (Å²) in [6.45, 7) is 2.17. The molecule has 0 bridgehead atoms. The van der Waals surface area contributed by atoms with Crippen molar-refractivity contribution in [1.82, 2.24) is 10.2 Å². The predicted molar refractivity (Wildman–Crippen MR) is 120 cm³/mol. The van der Waals surface area contributed by atoms with E-state index in [9.17, 15) is 4.79 Å². The zero-order valence-electron chi connectivity index (χ0n) is 16.2. The maximum Gasteiger partial charge on any atom is 0.277 e. The van der Waals surface area contributed by atoms with E-state index in [1.165, 1.54) is 0 Å². The lowest BCUT2D eigenvalue weighted by Gasteiger charge is -2.23. The smallest absolute Gasteiger partial charge is 0.277 e. The lowest BCUT2D eigenvalue weighted by molar-refractivity contribution is -0.123. The van der Waals surface area contributed by atoms with Gasteiger partial charge in [-0.3, -0.25) is 9.69 Å². The van der Waals surface area contributed by atoms with Crippen molar-refractivity contribution in [3.63, 3.8) is 0 Å². The fourth-order valence-corrected chi connectivity index (χ4v) is 3.72. The number of hydrogen-bond donors (Lipinski definition) is 1. The fourth-order valence-electron chi connectivity index (χ4n) is 3.18. The van der Waals surface area contributed by atoms with E-state index in [1.54, 1.807) is 35.2 Å². The van der Waals surface area contributed by atoms with Crippen molar-refractivity contribution in [2.45, 2.75) is 19.6 Å². The minimum absolute atomic E-state index is 0.180. The van der Waals surface area contributed by atoms with Gasteiger partial charge in [-0.15, -0.1) is 0 Å². The Hall–Kier alpha value is -3.09. The highest BCUT2D eigenvalue weighted by atomic mass is 35.5. The van der Waals surface area contributed by atoms with E-state index >= 15 is 0 Å². The molecule has 0 radical (unpaired) electrons. The molecule has 1 unspecified atom stereocenters. The maximum absolute atomic E-state index is 12.9. The fraction of sp³-hybridized carbons (Fsp3) is 0.130. The third kappa shape index (κ3) is 4.25. The van der Waals surface area contributed by atoms with Gasteiger partial charge in [-0.2, -0.15) is 0 Å². The molecular formula is C23H19ClN2O3S. The Morgan fingerprint density at radius 1 is 1.13 bits per heavy atom. The van der Waals surface area contributed by atoms with Crippen LogP contribution in [0.3, 0.4) is 0 Å². The predicted octanol–water partition coefficient (Wildman–Crippen LogP) is 5.33. The number of nitrogens with zero attached hydrogens (tertiary/aromatic N) is 1. The van der Waals surface area contributed by atoms with Crippen LogP contribution in [0.1, 0.15) is 30.0 Å². The average molecular weight is 439 g/mol. The topological polar surface area (TPSA) is 54.7 Å². The third-order valence-corrected chi connectivity index (χ3v) is 5.37. The van der Waals surface area contributed by atoms with Crippen LogP contribution >= 0.6 is 23.8 Å². The lowest BCUT2D eigenvalue weighted by atomic mass is 10.1. The monoisotopic (exact) mass is 438 g/mol. The summed E-state index contributed by atoms with van der Waals surface area (Å²) in [5.41, 5.74) is 1.38. The van der Waals surface area contributed by atoms with Crippen molar-refractivity contribution in [2.75, 3.05) is 0 Å². The summed E-state index contributed by atoms with van der Waals surface area (Å²) >= 11 is 11.5. The highest BCUT2D eigenvalue weighted by molar-refractivity contribution is 7.80. The molecule has 30 heavy (non-hydrogen) atoms. The number of rotatable bonds is 6. The molecular weight excluding hydrogens is 420 g/mol. The van der Waals surface area contributed by atoms with E-state index in [4.69, 9.17) is 33.0 Å². The quantitative estimate of drug-likeness (QED) is 0.416. The molecule has 0 spiro atoms. The number of furan rings is 1. The van der Waals surface area contributed by atoms with Gasteiger partial charge in [-0.1, -0.05) is 54.1 Å². The number of amides is 1. The minimum atomic E-state index is -0.193. The van der Waals surface area contributed by atoms with Crippen molar-refractivity contribution in [3.05, 3.63) is 94.5 Å². The van der Waals surface area contributed by atoms with E-state index in [0.717, 1.165) is 5.56 Å². The molecule has 2 aromatic carbocycles. The summed E-state index contributed by atoms with van der Waals surface area (Å²) in [5, 5.41) is 3.89. The molecule has 2 heterocycles. The molecule has 0 aliphatic carbocycles. The molecule has 5 nitrogen and oxygen atoms in total. The largest absolute Gasteiger partial charge is 0.484 e. The van der Waals surface area contributed by atoms with Crippen LogP contribution in [0.15, 0.2) is 76.8 Å². The Morgan fingerprint density at radius 2 is 1.87 bits per heavy atom. The van der Waals surface area contributed by atoms with Crippen LogP contribution in [0.4, 0.5) is 0 Å². The second-order valence-electron chi connectivity index (χ2n) is 6.77. The number of benzene rings is 2. The van der Waals surface area contributed by atoms with Gasteiger partial charge < -0.3 is 14.5 Å². The Morgan fingerprint density at radius 3 is 2.63 bits per heavy atom. The van der Waals surface area contributed by atoms with Crippen LogP contribution in [0.2, 0.25) is 5.02 Å². The molecule has 7 heteroatoms. The van der Waals surface area contributed by atoms with E-state index in [2.05, 4.69) is 5.32 Å². The molecule has 1 amide bonds. The van der Waals surface area contributed by atoms with Crippen LogP contribution in [0, 0.1) is 0 Å². The first-order valence-electron chi connectivity index (χ1n) is 9.40. The number of para-hydroxylation sites is 1. The van der Waals surface area contributed by atoms with Crippen LogP contribution in [0.25, 0.3) is 6.08 Å². The van der Waals surface area contributed by atoms with Crippen LogP contribution in [0.5, 0.6) is 5.75 Å². The van der Waals surface area contributed by atoms with Gasteiger partial charge in [0.25, 0.3) is 5.91 Å². The van der Waals surface area contributed by atoms with Crippen molar-refractivity contribution in [3.8, 4) is 5.75 Å². The van der Waals surface area contributed by atoms with Gasteiger partial charge in [-0.25, -0.2) is 0 Å². The van der Waals surface area contributed by atoms with Crippen molar-refractivity contribution < 1.29 is 13.9 Å². The van der Waals surface area contributed by atoms with E-state index < -0.39 is 0 Å². The first-order valence-corrected chi connectivity index (χ1v) is 10.2. The molecule has 0 saturated carbocycles. The number of carbonyl (C=O) groups excluding carboxylic acids is 1. The molecule has 3 aromatic rings. The van der Waals surface area contributed by atoms with Gasteiger partial charge in [0, 0.05) is 6.08 Å². The normalized spacial score (nSPS) is 16.1. The summed E-state index contributed by atoms with van der Waals surface area (Å²) in [6, 6.07) is 20.4. The first-order chi connectivity index (χ1) is 14.5. The summed E-state index contributed by atoms with van der Waals surface area (Å²) < 4.78 is 11.5. The van der Waals surface area contributed by atoms with Crippen molar-refractivity contribution in [1.29, 1.82) is 0 Å². The molecule has 1 aliphatic heterocycles. The van der Waals surface area contributed by atoms with Crippen LogP contribution < -0.4 is 10.1 Å².